The van der Waals surface area contributed by atoms with Crippen molar-refractivity contribution in [1.82, 2.24) is 0 Å². The fraction of sp³-hybridized carbons (Fsp3) is 0. The highest BCUT2D eigenvalue weighted by Crippen LogP contribution is 2.33. The number of carboxylic acid groups (broad SMARTS) is 1. The van der Waals surface area contributed by atoms with E-state index in [1.54, 1.807) is 12.1 Å². The van der Waals surface area contributed by atoms with Gasteiger partial charge in [-0.05, 0) is 46.9 Å². The summed E-state index contributed by atoms with van der Waals surface area (Å²) in [6.07, 6.45) is 0. The molecule has 2 rings (SSSR count). The Morgan fingerprint density at radius 3 is 2.55 bits per heavy atom. The molecule has 0 atom stereocenters. The summed E-state index contributed by atoms with van der Waals surface area (Å²) in [6, 6.07) is 10.4. The fourth-order valence-corrected chi connectivity index (χ4v) is 2.06. The third-order valence-electron chi connectivity index (χ3n) is 2.45. The molecule has 0 fully saturated rings. The van der Waals surface area contributed by atoms with E-state index >= 15 is 0 Å². The molecule has 0 amide bonds. The summed E-state index contributed by atoms with van der Waals surface area (Å²) in [4.78, 5) is 21.5. The Kier molecular flexibility index (Phi) is 4.18. The number of halogens is 1. The lowest BCUT2D eigenvalue weighted by Gasteiger charge is -2.09. The van der Waals surface area contributed by atoms with Crippen LogP contribution in [0.1, 0.15) is 10.4 Å². The first-order valence-electron chi connectivity index (χ1n) is 5.43. The zero-order valence-electron chi connectivity index (χ0n) is 9.95. The predicted molar refractivity (Wildman–Crippen MR) is 79.3 cm³/mol. The Balaban J connectivity index is 2.45. The second-order valence-electron chi connectivity index (χ2n) is 3.77. The van der Waals surface area contributed by atoms with Crippen molar-refractivity contribution < 1.29 is 19.6 Å². The van der Waals surface area contributed by atoms with Crippen molar-refractivity contribution in [3.05, 3.63) is 61.7 Å². The number of nitrogens with zero attached hydrogens (tertiary/aromatic N) is 1. The minimum Gasteiger partial charge on any atom is -0.478 e. The SMILES string of the molecule is O=C(O)c1cc(I)ccc1Oc1ccccc1[N+](=O)[O-]. The quantitative estimate of drug-likeness (QED) is 0.493. The molecule has 0 heterocycles. The van der Waals surface area contributed by atoms with Crippen LogP contribution in [-0.2, 0) is 0 Å². The van der Waals surface area contributed by atoms with Gasteiger partial charge in [0.2, 0.25) is 5.75 Å². The Morgan fingerprint density at radius 1 is 1.20 bits per heavy atom. The third-order valence-corrected chi connectivity index (χ3v) is 3.12. The van der Waals surface area contributed by atoms with E-state index in [1.807, 2.05) is 22.6 Å². The maximum absolute atomic E-state index is 11.2. The highest BCUT2D eigenvalue weighted by molar-refractivity contribution is 14.1. The molecule has 2 aromatic carbocycles. The summed E-state index contributed by atoms with van der Waals surface area (Å²) in [5.41, 5.74) is -0.266. The summed E-state index contributed by atoms with van der Waals surface area (Å²) >= 11 is 1.98. The van der Waals surface area contributed by atoms with Gasteiger partial charge in [-0.3, -0.25) is 10.1 Å². The van der Waals surface area contributed by atoms with Gasteiger partial charge in [0.05, 0.1) is 4.92 Å². The van der Waals surface area contributed by atoms with Gasteiger partial charge in [-0.2, -0.15) is 0 Å². The van der Waals surface area contributed by atoms with Crippen LogP contribution >= 0.6 is 22.6 Å². The van der Waals surface area contributed by atoms with Gasteiger partial charge < -0.3 is 9.84 Å². The van der Waals surface area contributed by atoms with Crippen LogP contribution in [0.5, 0.6) is 11.5 Å². The molecule has 20 heavy (non-hydrogen) atoms. The number of hydrogen-bond donors (Lipinski definition) is 1. The number of benzene rings is 2. The monoisotopic (exact) mass is 385 g/mol. The van der Waals surface area contributed by atoms with E-state index in [4.69, 9.17) is 9.84 Å². The van der Waals surface area contributed by atoms with Crippen LogP contribution in [0.3, 0.4) is 0 Å². The van der Waals surface area contributed by atoms with E-state index in [1.165, 1.54) is 30.3 Å². The van der Waals surface area contributed by atoms with Gasteiger partial charge in [0.1, 0.15) is 11.3 Å². The van der Waals surface area contributed by atoms with E-state index in [0.29, 0.717) is 0 Å². The van der Waals surface area contributed by atoms with Crippen molar-refractivity contribution >= 4 is 34.2 Å². The molecule has 102 valence electrons. The number of carboxylic acids is 1. The standard InChI is InChI=1S/C13H8INO5/c14-8-5-6-11(9(7-8)13(16)17)20-12-4-2-1-3-10(12)15(18)19/h1-7H,(H,16,17). The molecule has 0 bridgehead atoms. The molecule has 0 aliphatic heterocycles. The van der Waals surface area contributed by atoms with Gasteiger partial charge in [-0.15, -0.1) is 0 Å². The maximum atomic E-state index is 11.2. The number of hydrogen-bond acceptors (Lipinski definition) is 4. The summed E-state index contributed by atoms with van der Waals surface area (Å²) in [6.45, 7) is 0. The number of nitro benzene ring substituents is 1. The van der Waals surface area contributed by atoms with Crippen LogP contribution in [0.4, 0.5) is 5.69 Å². The first kappa shape index (κ1) is 14.3. The molecule has 0 aliphatic rings. The van der Waals surface area contributed by atoms with E-state index < -0.39 is 10.9 Å². The molecule has 0 saturated heterocycles. The maximum Gasteiger partial charge on any atom is 0.339 e. The predicted octanol–water partition coefficient (Wildman–Crippen LogP) is 3.69. The Bertz CT molecular complexity index is 686. The van der Waals surface area contributed by atoms with Gasteiger partial charge in [0.25, 0.3) is 0 Å². The summed E-state index contributed by atoms with van der Waals surface area (Å²) in [5, 5.41) is 20.0. The highest BCUT2D eigenvalue weighted by Gasteiger charge is 2.18. The summed E-state index contributed by atoms with van der Waals surface area (Å²) < 4.78 is 6.12. The molecule has 0 aliphatic carbocycles. The minimum absolute atomic E-state index is 0.00112. The number of para-hydroxylation sites is 2. The molecule has 6 nitrogen and oxygen atoms in total. The number of aromatic carboxylic acids is 1. The van der Waals surface area contributed by atoms with Crippen molar-refractivity contribution in [2.24, 2.45) is 0 Å². The second kappa shape index (κ2) is 5.87. The number of ether oxygens (including phenoxy) is 1. The van der Waals surface area contributed by atoms with Crippen LogP contribution in [0.2, 0.25) is 0 Å². The van der Waals surface area contributed by atoms with Gasteiger partial charge in [-0.1, -0.05) is 12.1 Å². The fourth-order valence-electron chi connectivity index (χ4n) is 1.57. The molecule has 0 aromatic heterocycles. The molecule has 1 N–H and O–H groups in total. The molecular weight excluding hydrogens is 377 g/mol. The molecule has 2 aromatic rings. The van der Waals surface area contributed by atoms with Crippen molar-refractivity contribution in [3.63, 3.8) is 0 Å². The third kappa shape index (κ3) is 3.05. The lowest BCUT2D eigenvalue weighted by Crippen LogP contribution is -2.01. The van der Waals surface area contributed by atoms with E-state index in [2.05, 4.69) is 0 Å². The molecular formula is C13H8INO5. The van der Waals surface area contributed by atoms with Crippen molar-refractivity contribution in [1.29, 1.82) is 0 Å². The highest BCUT2D eigenvalue weighted by atomic mass is 127. The van der Waals surface area contributed by atoms with Gasteiger partial charge in [-0.25, -0.2) is 4.79 Å². The first-order valence-corrected chi connectivity index (χ1v) is 6.51. The number of nitro groups is 1. The number of carbonyl (C=O) groups is 1. The molecule has 0 spiro atoms. The zero-order chi connectivity index (χ0) is 14.7. The van der Waals surface area contributed by atoms with Crippen LogP contribution in [0.25, 0.3) is 0 Å². The smallest absolute Gasteiger partial charge is 0.339 e. The largest absolute Gasteiger partial charge is 0.478 e. The van der Waals surface area contributed by atoms with Gasteiger partial charge in [0.15, 0.2) is 0 Å². The van der Waals surface area contributed by atoms with E-state index in [0.717, 1.165) is 3.57 Å². The minimum atomic E-state index is -1.16. The van der Waals surface area contributed by atoms with Crippen LogP contribution in [0.15, 0.2) is 42.5 Å². The van der Waals surface area contributed by atoms with Gasteiger partial charge in [0, 0.05) is 9.64 Å². The average molecular weight is 385 g/mol. The van der Waals surface area contributed by atoms with E-state index in [9.17, 15) is 14.9 Å². The van der Waals surface area contributed by atoms with Crippen molar-refractivity contribution in [3.8, 4) is 11.5 Å². The second-order valence-corrected chi connectivity index (χ2v) is 5.02. The van der Waals surface area contributed by atoms with Crippen molar-refractivity contribution in [2.45, 2.75) is 0 Å². The average Bonchev–Trinajstić information content (AvgIpc) is 2.41. The number of rotatable bonds is 4. The topological polar surface area (TPSA) is 89.7 Å². The van der Waals surface area contributed by atoms with E-state index in [-0.39, 0.29) is 22.7 Å². The Morgan fingerprint density at radius 2 is 1.90 bits per heavy atom. The normalized spacial score (nSPS) is 10.1. The summed E-state index contributed by atoms with van der Waals surface area (Å²) in [7, 11) is 0. The molecule has 0 unspecified atom stereocenters. The van der Waals surface area contributed by atoms with Crippen LogP contribution in [0, 0.1) is 13.7 Å². The van der Waals surface area contributed by atoms with Crippen molar-refractivity contribution in [2.75, 3.05) is 0 Å². The first-order chi connectivity index (χ1) is 9.49. The lowest BCUT2D eigenvalue weighted by atomic mass is 10.2. The van der Waals surface area contributed by atoms with Crippen LogP contribution in [-0.4, -0.2) is 16.0 Å². The summed E-state index contributed by atoms with van der Waals surface area (Å²) in [5.74, 6) is -1.09. The molecule has 7 heteroatoms. The van der Waals surface area contributed by atoms with Gasteiger partial charge >= 0.3 is 11.7 Å². The zero-order valence-corrected chi connectivity index (χ0v) is 12.1. The Hall–Kier alpha value is -2.16. The van der Waals surface area contributed by atoms with Crippen LogP contribution < -0.4 is 4.74 Å². The molecule has 0 radical (unpaired) electrons. The lowest BCUT2D eigenvalue weighted by molar-refractivity contribution is -0.385. The molecule has 0 saturated carbocycles. The Labute approximate surface area is 127 Å².